The monoisotopic (exact) mass is 354 g/mol. The molecule has 3 rings (SSSR count). The van der Waals surface area contributed by atoms with Gasteiger partial charge in [-0.25, -0.2) is 4.68 Å². The Kier molecular flexibility index (Phi) is 3.89. The molecule has 1 unspecified atom stereocenters. The molecule has 0 aliphatic carbocycles. The number of hydrogen-bond donors (Lipinski definition) is 0. The second-order valence-electron chi connectivity index (χ2n) is 5.17. The van der Waals surface area contributed by atoms with Gasteiger partial charge < -0.3 is 4.74 Å². The fourth-order valence-corrected chi connectivity index (χ4v) is 3.98. The summed E-state index contributed by atoms with van der Waals surface area (Å²) < 4.78 is 8.70. The van der Waals surface area contributed by atoms with E-state index in [1.165, 1.54) is 6.42 Å². The van der Waals surface area contributed by atoms with Crippen LogP contribution < -0.4 is 0 Å². The van der Waals surface area contributed by atoms with Crippen LogP contribution in [0.5, 0.6) is 0 Å². The van der Waals surface area contributed by atoms with Gasteiger partial charge >= 0.3 is 0 Å². The number of halogens is 2. The summed E-state index contributed by atoms with van der Waals surface area (Å²) in [7, 11) is 0. The lowest BCUT2D eigenvalue weighted by Crippen LogP contribution is -2.18. The van der Waals surface area contributed by atoms with Crippen molar-refractivity contribution in [1.82, 2.24) is 9.78 Å². The summed E-state index contributed by atoms with van der Waals surface area (Å²) in [4.78, 5) is 0. The lowest BCUT2D eigenvalue weighted by Gasteiger charge is -2.23. The molecule has 0 radical (unpaired) electrons. The van der Waals surface area contributed by atoms with Gasteiger partial charge in [-0.05, 0) is 53.8 Å². The summed E-state index contributed by atoms with van der Waals surface area (Å²) in [6.07, 6.45) is 5.17. The van der Waals surface area contributed by atoms with Crippen molar-refractivity contribution in [2.24, 2.45) is 0 Å². The maximum absolute atomic E-state index is 6.40. The molecule has 0 N–H and O–H groups in total. The Morgan fingerprint density at radius 1 is 1.55 bits per heavy atom. The largest absolute Gasteiger partial charge is 0.356 e. The van der Waals surface area contributed by atoms with Crippen LogP contribution in [-0.4, -0.2) is 16.4 Å². The molecule has 0 saturated carbocycles. The van der Waals surface area contributed by atoms with Gasteiger partial charge in [0.2, 0.25) is 0 Å². The number of nitrogens with zero attached hydrogens (tertiary/aromatic N) is 2. The minimum atomic E-state index is 0.0138. The first-order valence-electron chi connectivity index (χ1n) is 6.72. The molecule has 5 heteroatoms. The standard InChI is InChI=1S/C15H16BrClN2O/c1-9(2)14-11(17)7-12-10(15(14)16)8-18-19(12)13-5-3-4-6-20-13/h7-8,13H,1,3-6H2,2H3. The van der Waals surface area contributed by atoms with E-state index in [1.807, 2.05) is 23.9 Å². The van der Waals surface area contributed by atoms with E-state index in [1.54, 1.807) is 0 Å². The van der Waals surface area contributed by atoms with E-state index in [2.05, 4.69) is 27.6 Å². The van der Waals surface area contributed by atoms with E-state index in [0.29, 0.717) is 5.02 Å². The molecule has 106 valence electrons. The highest BCUT2D eigenvalue weighted by Crippen LogP contribution is 2.38. The third-order valence-corrected chi connectivity index (χ3v) is 4.77. The van der Waals surface area contributed by atoms with Crippen LogP contribution in [0.1, 0.15) is 38.0 Å². The van der Waals surface area contributed by atoms with Gasteiger partial charge in [-0.2, -0.15) is 5.10 Å². The fraction of sp³-hybridized carbons (Fsp3) is 0.400. The molecule has 20 heavy (non-hydrogen) atoms. The summed E-state index contributed by atoms with van der Waals surface area (Å²) in [5.74, 6) is 0. The van der Waals surface area contributed by atoms with Crippen molar-refractivity contribution >= 4 is 44.0 Å². The van der Waals surface area contributed by atoms with Crippen LogP contribution in [0.4, 0.5) is 0 Å². The first kappa shape index (κ1) is 14.1. The van der Waals surface area contributed by atoms with Gasteiger partial charge in [0.1, 0.15) is 0 Å². The lowest BCUT2D eigenvalue weighted by atomic mass is 10.1. The highest BCUT2D eigenvalue weighted by atomic mass is 79.9. The van der Waals surface area contributed by atoms with Gasteiger partial charge in [-0.15, -0.1) is 0 Å². The van der Waals surface area contributed by atoms with Crippen molar-refractivity contribution in [2.75, 3.05) is 6.61 Å². The molecule has 0 bridgehead atoms. The normalized spacial score (nSPS) is 19.4. The van der Waals surface area contributed by atoms with Gasteiger partial charge in [0.25, 0.3) is 0 Å². The van der Waals surface area contributed by atoms with Gasteiger partial charge in [-0.1, -0.05) is 18.2 Å². The first-order valence-corrected chi connectivity index (χ1v) is 7.89. The topological polar surface area (TPSA) is 27.1 Å². The van der Waals surface area contributed by atoms with Crippen molar-refractivity contribution in [3.8, 4) is 0 Å². The van der Waals surface area contributed by atoms with E-state index in [4.69, 9.17) is 16.3 Å². The van der Waals surface area contributed by atoms with Crippen LogP contribution in [0.2, 0.25) is 5.02 Å². The maximum atomic E-state index is 6.40. The van der Waals surface area contributed by atoms with E-state index in [-0.39, 0.29) is 6.23 Å². The molecule has 1 aliphatic heterocycles. The molecule has 1 aliphatic rings. The quantitative estimate of drug-likeness (QED) is 0.741. The zero-order chi connectivity index (χ0) is 14.3. The molecule has 1 saturated heterocycles. The van der Waals surface area contributed by atoms with Gasteiger partial charge in [0.05, 0.1) is 16.7 Å². The Morgan fingerprint density at radius 3 is 3.00 bits per heavy atom. The number of fused-ring (bicyclic) bond motifs is 1. The predicted octanol–water partition coefficient (Wildman–Crippen LogP) is 5.18. The van der Waals surface area contributed by atoms with Crippen LogP contribution >= 0.6 is 27.5 Å². The zero-order valence-electron chi connectivity index (χ0n) is 11.3. The number of ether oxygens (including phenoxy) is 1. The van der Waals surface area contributed by atoms with E-state index >= 15 is 0 Å². The van der Waals surface area contributed by atoms with Gasteiger partial charge in [0.15, 0.2) is 6.23 Å². The van der Waals surface area contributed by atoms with Crippen LogP contribution in [-0.2, 0) is 4.74 Å². The third kappa shape index (κ3) is 2.30. The highest BCUT2D eigenvalue weighted by Gasteiger charge is 2.21. The molecule has 1 atom stereocenters. The molecule has 1 aromatic carbocycles. The SMILES string of the molecule is C=C(C)c1c(Cl)cc2c(cnn2C2CCCCO2)c1Br. The minimum absolute atomic E-state index is 0.0138. The summed E-state index contributed by atoms with van der Waals surface area (Å²) in [5.41, 5.74) is 2.88. The smallest absolute Gasteiger partial charge is 0.150 e. The Labute approximate surface area is 131 Å². The highest BCUT2D eigenvalue weighted by molar-refractivity contribution is 9.10. The Bertz CT molecular complexity index is 674. The number of hydrogen-bond acceptors (Lipinski definition) is 2. The van der Waals surface area contributed by atoms with Crippen LogP contribution in [0.25, 0.3) is 16.5 Å². The van der Waals surface area contributed by atoms with Crippen LogP contribution in [0, 0.1) is 0 Å². The molecule has 1 aromatic heterocycles. The second-order valence-corrected chi connectivity index (χ2v) is 6.37. The summed E-state index contributed by atoms with van der Waals surface area (Å²) >= 11 is 10.0. The van der Waals surface area contributed by atoms with E-state index in [0.717, 1.165) is 46.0 Å². The van der Waals surface area contributed by atoms with Gasteiger partial charge in [0, 0.05) is 22.0 Å². The van der Waals surface area contributed by atoms with Crippen molar-refractivity contribution in [3.05, 3.63) is 33.9 Å². The number of benzene rings is 1. The van der Waals surface area contributed by atoms with Crippen LogP contribution in [0.15, 0.2) is 23.3 Å². The first-order chi connectivity index (χ1) is 9.59. The van der Waals surface area contributed by atoms with E-state index in [9.17, 15) is 0 Å². The lowest BCUT2D eigenvalue weighted by molar-refractivity contribution is -0.0366. The number of rotatable bonds is 2. The molecular formula is C15H16BrClN2O. The summed E-state index contributed by atoms with van der Waals surface area (Å²) in [6, 6.07) is 1.95. The number of aromatic nitrogens is 2. The van der Waals surface area contributed by atoms with Crippen molar-refractivity contribution in [3.63, 3.8) is 0 Å². The molecular weight excluding hydrogens is 340 g/mol. The van der Waals surface area contributed by atoms with E-state index < -0.39 is 0 Å². The average Bonchev–Trinajstić information content (AvgIpc) is 2.83. The fourth-order valence-electron chi connectivity index (χ4n) is 2.65. The zero-order valence-corrected chi connectivity index (χ0v) is 13.7. The van der Waals surface area contributed by atoms with Gasteiger partial charge in [-0.3, -0.25) is 0 Å². The molecule has 1 fully saturated rings. The minimum Gasteiger partial charge on any atom is -0.356 e. The molecule has 2 aromatic rings. The molecule has 3 nitrogen and oxygen atoms in total. The molecule has 0 spiro atoms. The Morgan fingerprint density at radius 2 is 2.35 bits per heavy atom. The Balaban J connectivity index is 2.15. The summed E-state index contributed by atoms with van der Waals surface area (Å²) in [5, 5.41) is 6.23. The van der Waals surface area contributed by atoms with Crippen molar-refractivity contribution in [1.29, 1.82) is 0 Å². The average molecular weight is 356 g/mol. The molecule has 0 amide bonds. The second kappa shape index (κ2) is 5.51. The third-order valence-electron chi connectivity index (χ3n) is 3.65. The molecule has 2 heterocycles. The van der Waals surface area contributed by atoms with Crippen molar-refractivity contribution < 1.29 is 4.74 Å². The maximum Gasteiger partial charge on any atom is 0.150 e. The van der Waals surface area contributed by atoms with Crippen LogP contribution in [0.3, 0.4) is 0 Å². The summed E-state index contributed by atoms with van der Waals surface area (Å²) in [6.45, 7) is 6.73. The van der Waals surface area contributed by atoms with Crippen molar-refractivity contribution in [2.45, 2.75) is 32.4 Å². The number of allylic oxidation sites excluding steroid dienone is 1. The Hall–Kier alpha value is -0.840. The predicted molar refractivity (Wildman–Crippen MR) is 86.0 cm³/mol.